The van der Waals surface area contributed by atoms with Crippen LogP contribution in [0.2, 0.25) is 0 Å². The molecule has 0 rings (SSSR count). The minimum absolute atomic E-state index is 0.183. The number of likely N-dealkylation sites (N-methyl/N-ethyl adjacent to an activating group) is 1. The smallest absolute Gasteiger partial charge is 0.320 e. The van der Waals surface area contributed by atoms with Crippen LogP contribution in [0.4, 0.5) is 0 Å². The van der Waals surface area contributed by atoms with Crippen molar-refractivity contribution in [2.24, 2.45) is 5.73 Å². The molecule has 82 valence electrons. The average molecular weight is 218 g/mol. The van der Waals surface area contributed by atoms with Crippen LogP contribution in [0.15, 0.2) is 0 Å². The first kappa shape index (κ1) is 13.3. The van der Waals surface area contributed by atoms with E-state index in [1.807, 2.05) is 13.8 Å². The van der Waals surface area contributed by atoms with Gasteiger partial charge in [-0.3, -0.25) is 9.69 Å². The highest BCUT2D eigenvalue weighted by Crippen LogP contribution is 2.09. The minimum atomic E-state index is -0.822. The molecule has 0 aliphatic carbocycles. The van der Waals surface area contributed by atoms with Gasteiger partial charge in [0.1, 0.15) is 6.04 Å². The Morgan fingerprint density at radius 2 is 2.14 bits per heavy atom. The number of nitrogens with zero attached hydrogens (tertiary/aromatic N) is 1. The second kappa shape index (κ2) is 5.93. The monoisotopic (exact) mass is 218 g/mol. The van der Waals surface area contributed by atoms with Gasteiger partial charge in [-0.05, 0) is 20.4 Å². The van der Waals surface area contributed by atoms with Gasteiger partial charge in [0.2, 0.25) is 0 Å². The Morgan fingerprint density at radius 3 is 2.43 bits per heavy atom. The molecule has 14 heavy (non-hydrogen) atoms. The predicted molar refractivity (Wildman–Crippen MR) is 60.3 cm³/mol. The molecular weight excluding hydrogens is 200 g/mol. The molecule has 5 heteroatoms. The standard InChI is InChI=1S/C9H18N2O2S/c1-4-5-7(9(12)13)11(3)6(2)8(10)14/h6-7H,4-5H2,1-3H3,(H2,10,14)(H,12,13). The maximum atomic E-state index is 10.9. The molecule has 0 fully saturated rings. The highest BCUT2D eigenvalue weighted by Gasteiger charge is 2.26. The molecule has 4 nitrogen and oxygen atoms in total. The molecular formula is C9H18N2O2S. The third kappa shape index (κ3) is 3.59. The molecule has 0 amide bonds. The highest BCUT2D eigenvalue weighted by molar-refractivity contribution is 7.80. The zero-order chi connectivity index (χ0) is 11.3. The summed E-state index contributed by atoms with van der Waals surface area (Å²) in [5, 5.41) is 8.98. The Morgan fingerprint density at radius 1 is 1.64 bits per heavy atom. The summed E-state index contributed by atoms with van der Waals surface area (Å²) in [6.45, 7) is 3.77. The first-order valence-electron chi connectivity index (χ1n) is 4.65. The topological polar surface area (TPSA) is 66.6 Å². The molecule has 0 aromatic carbocycles. The lowest BCUT2D eigenvalue weighted by Gasteiger charge is -2.29. The lowest BCUT2D eigenvalue weighted by molar-refractivity contribution is -0.143. The maximum Gasteiger partial charge on any atom is 0.320 e. The molecule has 3 N–H and O–H groups in total. The van der Waals surface area contributed by atoms with Crippen molar-refractivity contribution in [1.29, 1.82) is 0 Å². The molecule has 0 heterocycles. The summed E-state index contributed by atoms with van der Waals surface area (Å²) in [4.78, 5) is 13.0. The summed E-state index contributed by atoms with van der Waals surface area (Å²) in [5.41, 5.74) is 5.47. The van der Waals surface area contributed by atoms with Crippen LogP contribution in [0.3, 0.4) is 0 Å². The Balaban J connectivity index is 4.49. The number of carboxylic acid groups (broad SMARTS) is 1. The van der Waals surface area contributed by atoms with Crippen LogP contribution in [-0.2, 0) is 4.79 Å². The van der Waals surface area contributed by atoms with Gasteiger partial charge in [-0.2, -0.15) is 0 Å². The van der Waals surface area contributed by atoms with Gasteiger partial charge in [0.15, 0.2) is 0 Å². The van der Waals surface area contributed by atoms with Crippen molar-refractivity contribution in [3.05, 3.63) is 0 Å². The van der Waals surface area contributed by atoms with E-state index >= 15 is 0 Å². The predicted octanol–water partition coefficient (Wildman–Crippen LogP) is 0.846. The van der Waals surface area contributed by atoms with Gasteiger partial charge < -0.3 is 10.8 Å². The molecule has 0 radical (unpaired) electrons. The summed E-state index contributed by atoms with van der Waals surface area (Å²) in [6, 6.07) is -0.686. The van der Waals surface area contributed by atoms with Gasteiger partial charge in [-0.15, -0.1) is 0 Å². The van der Waals surface area contributed by atoms with Crippen LogP contribution in [0, 0.1) is 0 Å². The highest BCUT2D eigenvalue weighted by atomic mass is 32.1. The molecule has 0 saturated carbocycles. The van der Waals surface area contributed by atoms with Crippen LogP contribution >= 0.6 is 12.2 Å². The Labute approximate surface area is 90.1 Å². The number of hydrogen-bond acceptors (Lipinski definition) is 3. The van der Waals surface area contributed by atoms with E-state index in [0.29, 0.717) is 11.4 Å². The molecule has 0 aromatic heterocycles. The number of rotatable bonds is 6. The second-order valence-corrected chi connectivity index (χ2v) is 3.86. The van der Waals surface area contributed by atoms with E-state index < -0.39 is 12.0 Å². The van der Waals surface area contributed by atoms with Gasteiger partial charge in [-0.1, -0.05) is 25.6 Å². The van der Waals surface area contributed by atoms with Crippen molar-refractivity contribution in [1.82, 2.24) is 4.90 Å². The SMILES string of the molecule is CCCC(C(=O)O)N(C)C(C)C(N)=S. The molecule has 0 aromatic rings. The molecule has 2 unspecified atom stereocenters. The molecule has 0 saturated heterocycles. The van der Waals surface area contributed by atoms with E-state index in [4.69, 9.17) is 23.1 Å². The number of nitrogens with two attached hydrogens (primary N) is 1. The number of thiocarbonyl (C=S) groups is 1. The lowest BCUT2D eigenvalue weighted by Crippen LogP contribution is -2.48. The van der Waals surface area contributed by atoms with Crippen LogP contribution in [0.5, 0.6) is 0 Å². The quantitative estimate of drug-likeness (QED) is 0.647. The van der Waals surface area contributed by atoms with Gasteiger partial charge >= 0.3 is 5.97 Å². The summed E-state index contributed by atoms with van der Waals surface area (Å²) < 4.78 is 0. The third-order valence-corrected chi connectivity index (χ3v) is 2.70. The summed E-state index contributed by atoms with van der Waals surface area (Å²) in [5.74, 6) is -0.822. The summed E-state index contributed by atoms with van der Waals surface area (Å²) >= 11 is 4.83. The fourth-order valence-electron chi connectivity index (χ4n) is 1.25. The van der Waals surface area contributed by atoms with Crippen molar-refractivity contribution in [3.63, 3.8) is 0 Å². The zero-order valence-corrected chi connectivity index (χ0v) is 9.67. The van der Waals surface area contributed by atoms with Crippen molar-refractivity contribution >= 4 is 23.2 Å². The van der Waals surface area contributed by atoms with E-state index in [-0.39, 0.29) is 6.04 Å². The van der Waals surface area contributed by atoms with Crippen LogP contribution < -0.4 is 5.73 Å². The maximum absolute atomic E-state index is 10.9. The molecule has 0 bridgehead atoms. The van der Waals surface area contributed by atoms with Gasteiger partial charge in [0.25, 0.3) is 0 Å². The van der Waals surface area contributed by atoms with Crippen LogP contribution in [0.25, 0.3) is 0 Å². The first-order valence-corrected chi connectivity index (χ1v) is 5.06. The van der Waals surface area contributed by atoms with Gasteiger partial charge in [0.05, 0.1) is 11.0 Å². The largest absolute Gasteiger partial charge is 0.480 e. The number of carbonyl (C=O) groups is 1. The van der Waals surface area contributed by atoms with Gasteiger partial charge in [0, 0.05) is 0 Å². The third-order valence-electron chi connectivity index (χ3n) is 2.36. The van der Waals surface area contributed by atoms with Gasteiger partial charge in [-0.25, -0.2) is 0 Å². The van der Waals surface area contributed by atoms with Crippen molar-refractivity contribution < 1.29 is 9.90 Å². The first-order chi connectivity index (χ1) is 6.41. The Bertz CT molecular complexity index is 221. The second-order valence-electron chi connectivity index (χ2n) is 3.39. The number of aliphatic carboxylic acids is 1. The molecule has 0 aliphatic rings. The molecule has 0 spiro atoms. The fraction of sp³-hybridized carbons (Fsp3) is 0.778. The van der Waals surface area contributed by atoms with E-state index in [2.05, 4.69) is 0 Å². The fourth-order valence-corrected chi connectivity index (χ4v) is 1.41. The lowest BCUT2D eigenvalue weighted by atomic mass is 10.1. The van der Waals surface area contributed by atoms with E-state index in [9.17, 15) is 4.79 Å². The molecule has 2 atom stereocenters. The van der Waals surface area contributed by atoms with E-state index in [0.717, 1.165) is 6.42 Å². The van der Waals surface area contributed by atoms with Crippen molar-refractivity contribution in [2.45, 2.75) is 38.8 Å². The van der Waals surface area contributed by atoms with Crippen molar-refractivity contribution in [3.8, 4) is 0 Å². The Hall–Kier alpha value is -0.680. The summed E-state index contributed by atoms with van der Waals surface area (Å²) in [6.07, 6.45) is 1.43. The molecule has 0 aliphatic heterocycles. The Kier molecular flexibility index (Phi) is 5.64. The summed E-state index contributed by atoms with van der Waals surface area (Å²) in [7, 11) is 1.73. The van der Waals surface area contributed by atoms with Crippen LogP contribution in [0.1, 0.15) is 26.7 Å². The number of carboxylic acids is 1. The normalized spacial score (nSPS) is 15.1. The van der Waals surface area contributed by atoms with E-state index in [1.54, 1.807) is 11.9 Å². The zero-order valence-electron chi connectivity index (χ0n) is 8.86. The van der Waals surface area contributed by atoms with Crippen molar-refractivity contribution in [2.75, 3.05) is 7.05 Å². The average Bonchev–Trinajstić information content (AvgIpc) is 2.11. The number of hydrogen-bond donors (Lipinski definition) is 2. The van der Waals surface area contributed by atoms with E-state index in [1.165, 1.54) is 0 Å². The van der Waals surface area contributed by atoms with Crippen LogP contribution in [-0.4, -0.2) is 40.1 Å². The minimum Gasteiger partial charge on any atom is -0.480 e.